The third-order valence-corrected chi connectivity index (χ3v) is 2.92. The fourth-order valence-electron chi connectivity index (χ4n) is 1.23. The zero-order valence-corrected chi connectivity index (χ0v) is 10.3. The highest BCUT2D eigenvalue weighted by Crippen LogP contribution is 2.21. The molecule has 1 rings (SSSR count). The Bertz CT molecular complexity index is 427. The monoisotopic (exact) mass is 250 g/mol. The van der Waals surface area contributed by atoms with Crippen LogP contribution in [0.4, 0.5) is 0 Å². The van der Waals surface area contributed by atoms with Gasteiger partial charge in [-0.3, -0.25) is 4.79 Å². The lowest BCUT2D eigenvalue weighted by atomic mass is 10.2. The number of nitrogens with one attached hydrogen (secondary N) is 1. The Labute approximate surface area is 105 Å². The minimum atomic E-state index is -0.571. The molecule has 17 heavy (non-hydrogen) atoms. The van der Waals surface area contributed by atoms with Crippen LogP contribution in [0.15, 0.2) is 29.2 Å². The lowest BCUT2D eigenvalue weighted by molar-refractivity contribution is 0.0921. The van der Waals surface area contributed by atoms with E-state index < -0.39 is 6.10 Å². The molecule has 0 unspecified atom stereocenters. The molecule has 0 aliphatic heterocycles. The number of thioether (sulfide) groups is 1. The van der Waals surface area contributed by atoms with Gasteiger partial charge in [0.2, 0.25) is 0 Å². The molecule has 1 aromatic carbocycles. The fraction of sp³-hybridized carbons (Fsp3) is 0.333. The van der Waals surface area contributed by atoms with Crippen LogP contribution < -0.4 is 5.32 Å². The van der Waals surface area contributed by atoms with Crippen LogP contribution in [0.1, 0.15) is 17.3 Å². The molecule has 2 N–H and O–H groups in total. The van der Waals surface area contributed by atoms with Gasteiger partial charge in [0.15, 0.2) is 0 Å². The topological polar surface area (TPSA) is 73.1 Å². The van der Waals surface area contributed by atoms with Crippen molar-refractivity contribution in [3.63, 3.8) is 0 Å². The lowest BCUT2D eigenvalue weighted by Crippen LogP contribution is -2.30. The Balaban J connectivity index is 2.75. The van der Waals surface area contributed by atoms with Gasteiger partial charge in [0.05, 0.1) is 23.5 Å². The van der Waals surface area contributed by atoms with E-state index in [9.17, 15) is 4.79 Å². The number of nitriles is 1. The second-order valence-corrected chi connectivity index (χ2v) is 4.52. The summed E-state index contributed by atoms with van der Waals surface area (Å²) in [6.45, 7) is 1.83. The van der Waals surface area contributed by atoms with E-state index in [4.69, 9.17) is 10.4 Å². The average molecular weight is 250 g/mol. The van der Waals surface area contributed by atoms with E-state index in [2.05, 4.69) is 5.32 Å². The molecule has 1 amide bonds. The van der Waals surface area contributed by atoms with E-state index in [1.165, 1.54) is 11.8 Å². The first-order valence-corrected chi connectivity index (χ1v) is 6.18. The predicted octanol–water partition coefficient (Wildman–Crippen LogP) is 1.41. The molecule has 0 saturated heterocycles. The van der Waals surface area contributed by atoms with Crippen molar-refractivity contribution in [3.05, 3.63) is 29.8 Å². The number of benzene rings is 1. The van der Waals surface area contributed by atoms with E-state index in [0.717, 1.165) is 4.90 Å². The highest BCUT2D eigenvalue weighted by molar-refractivity contribution is 7.99. The predicted molar refractivity (Wildman–Crippen MR) is 66.8 cm³/mol. The molecular weight excluding hydrogens is 236 g/mol. The van der Waals surface area contributed by atoms with Crippen molar-refractivity contribution in [1.29, 1.82) is 5.26 Å². The van der Waals surface area contributed by atoms with Crippen LogP contribution >= 0.6 is 11.8 Å². The SMILES string of the molecule is C[C@@H](O)CNC(=O)c1ccccc1SCC#N. The summed E-state index contributed by atoms with van der Waals surface area (Å²) in [5, 5.41) is 20.3. The van der Waals surface area contributed by atoms with Gasteiger partial charge < -0.3 is 10.4 Å². The summed E-state index contributed by atoms with van der Waals surface area (Å²) in [6, 6.07) is 9.13. The van der Waals surface area contributed by atoms with E-state index in [-0.39, 0.29) is 12.5 Å². The Morgan fingerprint density at radius 3 is 2.94 bits per heavy atom. The average Bonchev–Trinajstić information content (AvgIpc) is 2.33. The van der Waals surface area contributed by atoms with Gasteiger partial charge in [-0.15, -0.1) is 11.8 Å². The minimum absolute atomic E-state index is 0.218. The highest BCUT2D eigenvalue weighted by atomic mass is 32.2. The number of carbonyl (C=O) groups excluding carboxylic acids is 1. The smallest absolute Gasteiger partial charge is 0.252 e. The van der Waals surface area contributed by atoms with E-state index in [0.29, 0.717) is 11.3 Å². The normalized spacial score (nSPS) is 11.6. The quantitative estimate of drug-likeness (QED) is 0.775. The van der Waals surface area contributed by atoms with Crippen molar-refractivity contribution < 1.29 is 9.90 Å². The van der Waals surface area contributed by atoms with Crippen molar-refractivity contribution in [2.75, 3.05) is 12.3 Å². The van der Waals surface area contributed by atoms with Gasteiger partial charge in [-0.1, -0.05) is 12.1 Å². The molecular formula is C12H14N2O2S. The number of hydrogen-bond acceptors (Lipinski definition) is 4. The van der Waals surface area contributed by atoms with Crippen molar-refractivity contribution >= 4 is 17.7 Å². The van der Waals surface area contributed by atoms with Crippen LogP contribution in [0.3, 0.4) is 0 Å². The summed E-state index contributed by atoms with van der Waals surface area (Å²) in [5.41, 5.74) is 0.536. The van der Waals surface area contributed by atoms with Gasteiger partial charge in [-0.2, -0.15) is 5.26 Å². The molecule has 5 heteroatoms. The molecule has 0 fully saturated rings. The number of aliphatic hydroxyl groups excluding tert-OH is 1. The number of nitrogens with zero attached hydrogens (tertiary/aromatic N) is 1. The van der Waals surface area contributed by atoms with E-state index in [1.54, 1.807) is 25.1 Å². The largest absolute Gasteiger partial charge is 0.392 e. The summed E-state index contributed by atoms with van der Waals surface area (Å²) in [6.07, 6.45) is -0.571. The second kappa shape index (κ2) is 6.94. The summed E-state index contributed by atoms with van der Waals surface area (Å²) in [7, 11) is 0. The first kappa shape index (κ1) is 13.6. The van der Waals surface area contributed by atoms with Gasteiger partial charge in [0.25, 0.3) is 5.91 Å². The molecule has 0 heterocycles. The Kier molecular flexibility index (Phi) is 5.53. The van der Waals surface area contributed by atoms with Gasteiger partial charge in [-0.25, -0.2) is 0 Å². The third-order valence-electron chi connectivity index (χ3n) is 1.98. The molecule has 0 spiro atoms. The number of hydrogen-bond donors (Lipinski definition) is 2. The number of aliphatic hydroxyl groups is 1. The summed E-state index contributed by atoms with van der Waals surface area (Å²) < 4.78 is 0. The maximum atomic E-state index is 11.8. The summed E-state index contributed by atoms with van der Waals surface area (Å²) in [5.74, 6) is 0.0766. The van der Waals surface area contributed by atoms with Crippen molar-refractivity contribution in [2.24, 2.45) is 0 Å². The first-order chi connectivity index (χ1) is 8.15. The molecule has 0 aromatic heterocycles. The zero-order valence-electron chi connectivity index (χ0n) is 9.51. The second-order valence-electron chi connectivity index (χ2n) is 3.50. The maximum Gasteiger partial charge on any atom is 0.252 e. The molecule has 0 aliphatic carbocycles. The minimum Gasteiger partial charge on any atom is -0.392 e. The maximum absolute atomic E-state index is 11.8. The Morgan fingerprint density at radius 1 is 1.59 bits per heavy atom. The standard InChI is InChI=1S/C12H14N2O2S/c1-9(15)8-14-12(16)10-4-2-3-5-11(10)17-7-6-13/h2-5,9,15H,7-8H2,1H3,(H,14,16)/t9-/m1/s1. The van der Waals surface area contributed by atoms with Crippen LogP contribution in [0.25, 0.3) is 0 Å². The van der Waals surface area contributed by atoms with Gasteiger partial charge in [0, 0.05) is 11.4 Å². The van der Waals surface area contributed by atoms with Crippen molar-refractivity contribution in [1.82, 2.24) is 5.32 Å². The first-order valence-electron chi connectivity index (χ1n) is 5.20. The van der Waals surface area contributed by atoms with Gasteiger partial charge >= 0.3 is 0 Å². The molecule has 0 aliphatic rings. The third kappa shape index (κ3) is 4.47. The van der Waals surface area contributed by atoms with E-state index in [1.807, 2.05) is 12.1 Å². The van der Waals surface area contributed by atoms with Gasteiger partial charge in [0.1, 0.15) is 0 Å². The van der Waals surface area contributed by atoms with E-state index >= 15 is 0 Å². The fourth-order valence-corrected chi connectivity index (χ4v) is 1.94. The van der Waals surface area contributed by atoms with Crippen molar-refractivity contribution in [2.45, 2.75) is 17.9 Å². The van der Waals surface area contributed by atoms with Crippen LogP contribution in [-0.2, 0) is 0 Å². The van der Waals surface area contributed by atoms with Crippen LogP contribution in [0.2, 0.25) is 0 Å². The van der Waals surface area contributed by atoms with Crippen molar-refractivity contribution in [3.8, 4) is 6.07 Å². The molecule has 90 valence electrons. The molecule has 4 nitrogen and oxygen atoms in total. The van der Waals surface area contributed by atoms with Crippen LogP contribution in [0.5, 0.6) is 0 Å². The lowest BCUT2D eigenvalue weighted by Gasteiger charge is -2.09. The molecule has 1 atom stereocenters. The van der Waals surface area contributed by atoms with Gasteiger partial charge in [-0.05, 0) is 19.1 Å². The number of carbonyl (C=O) groups is 1. The van der Waals surface area contributed by atoms with Crippen LogP contribution in [-0.4, -0.2) is 29.4 Å². The zero-order chi connectivity index (χ0) is 12.7. The van der Waals surface area contributed by atoms with Crippen LogP contribution in [0, 0.1) is 11.3 Å². The molecule has 0 bridgehead atoms. The number of rotatable bonds is 5. The number of amides is 1. The molecule has 0 radical (unpaired) electrons. The molecule has 0 saturated carbocycles. The Morgan fingerprint density at radius 2 is 2.29 bits per heavy atom. The summed E-state index contributed by atoms with van der Waals surface area (Å²) in [4.78, 5) is 12.6. The highest BCUT2D eigenvalue weighted by Gasteiger charge is 2.11. The molecule has 1 aromatic rings. The summed E-state index contributed by atoms with van der Waals surface area (Å²) >= 11 is 1.33. The Hall–Kier alpha value is -1.51.